The predicted molar refractivity (Wildman–Crippen MR) is 119 cm³/mol. The lowest BCUT2D eigenvalue weighted by Gasteiger charge is -2.51. The first kappa shape index (κ1) is 19.0. The van der Waals surface area contributed by atoms with E-state index in [1.54, 1.807) is 0 Å². The minimum Gasteiger partial charge on any atom is -0.347 e. The SMILES string of the molecule is O=C(N[C@H]1C2CCN(CC2)[C@@H]1Cc1cccnc1)c1ccccc1-c1ccccc1. The Kier molecular flexibility index (Phi) is 5.33. The van der Waals surface area contributed by atoms with Crippen LogP contribution in [0.15, 0.2) is 79.1 Å². The van der Waals surface area contributed by atoms with E-state index in [-0.39, 0.29) is 11.9 Å². The second-order valence-corrected chi connectivity index (χ2v) is 8.42. The van der Waals surface area contributed by atoms with Crippen LogP contribution in [0, 0.1) is 5.92 Å². The van der Waals surface area contributed by atoms with E-state index in [0.29, 0.717) is 12.0 Å². The zero-order valence-electron chi connectivity index (χ0n) is 17.1. The molecule has 1 amide bonds. The number of nitrogens with zero attached hydrogens (tertiary/aromatic N) is 2. The minimum atomic E-state index is 0.0318. The van der Waals surface area contributed by atoms with Crippen molar-refractivity contribution in [2.75, 3.05) is 13.1 Å². The highest BCUT2D eigenvalue weighted by atomic mass is 16.1. The maximum Gasteiger partial charge on any atom is 0.252 e. The number of hydrogen-bond donors (Lipinski definition) is 1. The molecule has 3 aliphatic rings. The molecule has 6 rings (SSSR count). The van der Waals surface area contributed by atoms with Crippen LogP contribution in [0.1, 0.15) is 28.8 Å². The molecule has 152 valence electrons. The van der Waals surface area contributed by atoms with E-state index in [4.69, 9.17) is 0 Å². The van der Waals surface area contributed by atoms with Gasteiger partial charge in [-0.3, -0.25) is 14.7 Å². The number of nitrogens with one attached hydrogen (secondary N) is 1. The highest BCUT2D eigenvalue weighted by Crippen LogP contribution is 2.34. The summed E-state index contributed by atoms with van der Waals surface area (Å²) in [5.41, 5.74) is 4.05. The molecular weight excluding hydrogens is 370 g/mol. The van der Waals surface area contributed by atoms with Crippen LogP contribution in [0.25, 0.3) is 11.1 Å². The lowest BCUT2D eigenvalue weighted by atomic mass is 9.76. The molecule has 1 N–H and O–H groups in total. The summed E-state index contributed by atoms with van der Waals surface area (Å²) in [6.45, 7) is 2.26. The molecule has 3 fully saturated rings. The van der Waals surface area contributed by atoms with Gasteiger partial charge in [-0.25, -0.2) is 0 Å². The van der Waals surface area contributed by atoms with Crippen LogP contribution < -0.4 is 5.32 Å². The number of carbonyl (C=O) groups is 1. The lowest BCUT2D eigenvalue weighted by molar-refractivity contribution is 0.0136. The average molecular weight is 398 g/mol. The third-order valence-electron chi connectivity index (χ3n) is 6.69. The molecule has 0 radical (unpaired) electrons. The first-order chi connectivity index (χ1) is 14.8. The number of rotatable bonds is 5. The van der Waals surface area contributed by atoms with E-state index in [0.717, 1.165) is 49.0 Å². The van der Waals surface area contributed by atoms with Crippen molar-refractivity contribution in [1.29, 1.82) is 0 Å². The molecule has 0 spiro atoms. The Morgan fingerprint density at radius 3 is 2.50 bits per heavy atom. The quantitative estimate of drug-likeness (QED) is 0.702. The number of benzene rings is 2. The highest BCUT2D eigenvalue weighted by molar-refractivity contribution is 6.01. The number of aromatic nitrogens is 1. The van der Waals surface area contributed by atoms with Gasteiger partial charge >= 0.3 is 0 Å². The summed E-state index contributed by atoms with van der Waals surface area (Å²) in [6, 6.07) is 22.7. The standard InChI is InChI=1S/C26H27N3O/c30-26(23-11-5-4-10-22(23)20-8-2-1-3-9-20)28-25-21-12-15-29(16-13-21)24(25)17-19-7-6-14-27-18-19/h1-11,14,18,21,24-25H,12-13,15-17H2,(H,28,30)/t24-,25+/m1/s1. The fourth-order valence-electron chi connectivity index (χ4n) is 5.16. The van der Waals surface area contributed by atoms with Gasteiger partial charge in [0.15, 0.2) is 0 Å². The Hall–Kier alpha value is -2.98. The van der Waals surface area contributed by atoms with E-state index >= 15 is 0 Å². The first-order valence-electron chi connectivity index (χ1n) is 10.9. The van der Waals surface area contributed by atoms with Crippen molar-refractivity contribution in [3.8, 4) is 11.1 Å². The Balaban J connectivity index is 1.41. The van der Waals surface area contributed by atoms with Gasteiger partial charge in [0.25, 0.3) is 5.91 Å². The van der Waals surface area contributed by atoms with Crippen molar-refractivity contribution in [1.82, 2.24) is 15.2 Å². The van der Waals surface area contributed by atoms with E-state index < -0.39 is 0 Å². The molecule has 30 heavy (non-hydrogen) atoms. The van der Waals surface area contributed by atoms with Gasteiger partial charge < -0.3 is 5.32 Å². The Labute approximate surface area is 178 Å². The lowest BCUT2D eigenvalue weighted by Crippen LogP contribution is -2.64. The van der Waals surface area contributed by atoms with Gasteiger partial charge in [-0.15, -0.1) is 0 Å². The van der Waals surface area contributed by atoms with Crippen LogP contribution in [0.3, 0.4) is 0 Å². The molecule has 3 aromatic rings. The van der Waals surface area contributed by atoms with Crippen molar-refractivity contribution in [3.05, 3.63) is 90.3 Å². The normalized spacial score (nSPS) is 25.1. The fourth-order valence-corrected chi connectivity index (χ4v) is 5.16. The summed E-state index contributed by atoms with van der Waals surface area (Å²) in [7, 11) is 0. The molecule has 0 aliphatic carbocycles. The van der Waals surface area contributed by atoms with Crippen molar-refractivity contribution in [3.63, 3.8) is 0 Å². The van der Waals surface area contributed by atoms with Crippen molar-refractivity contribution in [2.24, 2.45) is 5.92 Å². The smallest absolute Gasteiger partial charge is 0.252 e. The molecule has 2 bridgehead atoms. The van der Waals surface area contributed by atoms with Gasteiger partial charge in [-0.1, -0.05) is 54.6 Å². The summed E-state index contributed by atoms with van der Waals surface area (Å²) < 4.78 is 0. The first-order valence-corrected chi connectivity index (χ1v) is 10.9. The maximum atomic E-state index is 13.4. The van der Waals surface area contributed by atoms with Crippen LogP contribution in [0.4, 0.5) is 0 Å². The van der Waals surface area contributed by atoms with Gasteiger partial charge in [-0.05, 0) is 67.1 Å². The molecule has 2 atom stereocenters. The minimum absolute atomic E-state index is 0.0318. The number of amides is 1. The van der Waals surface area contributed by atoms with E-state index in [9.17, 15) is 4.79 Å². The molecule has 2 aromatic carbocycles. The molecule has 1 aromatic heterocycles. The third kappa shape index (κ3) is 3.75. The molecule has 0 unspecified atom stereocenters. The van der Waals surface area contributed by atoms with Gasteiger partial charge in [0, 0.05) is 30.0 Å². The van der Waals surface area contributed by atoms with Crippen molar-refractivity contribution >= 4 is 5.91 Å². The average Bonchev–Trinajstić information content (AvgIpc) is 2.82. The Morgan fingerprint density at radius 1 is 0.967 bits per heavy atom. The van der Waals surface area contributed by atoms with Crippen LogP contribution >= 0.6 is 0 Å². The maximum absolute atomic E-state index is 13.4. The molecule has 4 nitrogen and oxygen atoms in total. The molecule has 3 saturated heterocycles. The van der Waals surface area contributed by atoms with Gasteiger partial charge in [0.1, 0.15) is 0 Å². The Morgan fingerprint density at radius 2 is 1.73 bits per heavy atom. The molecule has 4 heteroatoms. The Bertz CT molecular complexity index is 997. The topological polar surface area (TPSA) is 45.2 Å². The monoisotopic (exact) mass is 397 g/mol. The molecule has 3 aliphatic heterocycles. The summed E-state index contributed by atoms with van der Waals surface area (Å²) in [6.07, 6.45) is 7.02. The number of hydrogen-bond acceptors (Lipinski definition) is 3. The van der Waals surface area contributed by atoms with Crippen LogP contribution in [-0.2, 0) is 6.42 Å². The largest absolute Gasteiger partial charge is 0.347 e. The zero-order chi connectivity index (χ0) is 20.3. The predicted octanol–water partition coefficient (Wildman–Crippen LogP) is 4.18. The van der Waals surface area contributed by atoms with Crippen molar-refractivity contribution in [2.45, 2.75) is 31.3 Å². The summed E-state index contributed by atoms with van der Waals surface area (Å²) in [4.78, 5) is 20.3. The van der Waals surface area contributed by atoms with E-state index in [1.165, 1.54) is 5.56 Å². The molecular formula is C26H27N3O. The van der Waals surface area contributed by atoms with Crippen LogP contribution in [0.5, 0.6) is 0 Å². The third-order valence-corrected chi connectivity index (χ3v) is 6.69. The van der Waals surface area contributed by atoms with Crippen molar-refractivity contribution < 1.29 is 4.79 Å². The number of piperidine rings is 3. The summed E-state index contributed by atoms with van der Waals surface area (Å²) in [5.74, 6) is 0.578. The second-order valence-electron chi connectivity index (χ2n) is 8.42. The zero-order valence-corrected chi connectivity index (χ0v) is 17.1. The fraction of sp³-hybridized carbons (Fsp3) is 0.308. The summed E-state index contributed by atoms with van der Waals surface area (Å²) in [5, 5.41) is 3.45. The van der Waals surface area contributed by atoms with Gasteiger partial charge in [-0.2, -0.15) is 0 Å². The van der Waals surface area contributed by atoms with E-state index in [2.05, 4.69) is 33.4 Å². The van der Waals surface area contributed by atoms with Crippen LogP contribution in [0.2, 0.25) is 0 Å². The number of carbonyl (C=O) groups excluding carboxylic acids is 1. The van der Waals surface area contributed by atoms with Gasteiger partial charge in [0.05, 0.1) is 0 Å². The number of fused-ring (bicyclic) bond motifs is 3. The second kappa shape index (κ2) is 8.41. The van der Waals surface area contributed by atoms with Crippen LogP contribution in [-0.4, -0.2) is 41.0 Å². The summed E-state index contributed by atoms with van der Waals surface area (Å²) >= 11 is 0. The van der Waals surface area contributed by atoms with Gasteiger partial charge in [0.2, 0.25) is 0 Å². The molecule has 4 heterocycles. The highest BCUT2D eigenvalue weighted by Gasteiger charge is 2.42. The number of pyridine rings is 1. The van der Waals surface area contributed by atoms with E-state index in [1.807, 2.05) is 60.9 Å². The molecule has 0 saturated carbocycles.